The molecule has 0 radical (unpaired) electrons. The summed E-state index contributed by atoms with van der Waals surface area (Å²) >= 11 is 6.05. The molecular formula is C22H16ClFN2O. The Morgan fingerprint density at radius 2 is 1.70 bits per heavy atom. The minimum absolute atomic E-state index is 0.0793. The molecule has 0 amide bonds. The molecule has 3 aromatic carbocycles. The van der Waals surface area contributed by atoms with E-state index < -0.39 is 0 Å². The smallest absolute Gasteiger partial charge is 0.213 e. The van der Waals surface area contributed by atoms with Gasteiger partial charge in [0.1, 0.15) is 11.6 Å². The highest BCUT2D eigenvalue weighted by Crippen LogP contribution is 2.47. The van der Waals surface area contributed by atoms with Crippen molar-refractivity contribution in [2.45, 2.75) is 18.7 Å². The third-order valence-corrected chi connectivity index (χ3v) is 5.28. The van der Waals surface area contributed by atoms with E-state index in [9.17, 15) is 4.39 Å². The van der Waals surface area contributed by atoms with Crippen LogP contribution in [0.3, 0.4) is 0 Å². The van der Waals surface area contributed by atoms with Crippen molar-refractivity contribution in [3.8, 4) is 5.75 Å². The molecule has 2 atom stereocenters. The van der Waals surface area contributed by atoms with Crippen molar-refractivity contribution in [1.82, 2.24) is 5.01 Å². The van der Waals surface area contributed by atoms with Gasteiger partial charge >= 0.3 is 0 Å². The molecule has 5 rings (SSSR count). The molecule has 0 N–H and O–H groups in total. The topological polar surface area (TPSA) is 24.8 Å². The van der Waals surface area contributed by atoms with Gasteiger partial charge in [-0.2, -0.15) is 5.10 Å². The lowest BCUT2D eigenvalue weighted by atomic mass is 9.96. The second-order valence-electron chi connectivity index (χ2n) is 6.71. The van der Waals surface area contributed by atoms with E-state index in [0.29, 0.717) is 5.02 Å². The summed E-state index contributed by atoms with van der Waals surface area (Å²) in [7, 11) is 0. The maximum absolute atomic E-state index is 13.3. The summed E-state index contributed by atoms with van der Waals surface area (Å²) in [6, 6.07) is 22.3. The van der Waals surface area contributed by atoms with E-state index in [4.69, 9.17) is 21.4 Å². The molecule has 134 valence electrons. The van der Waals surface area contributed by atoms with Crippen molar-refractivity contribution in [2.75, 3.05) is 0 Å². The van der Waals surface area contributed by atoms with Gasteiger partial charge in [0.15, 0.2) is 0 Å². The van der Waals surface area contributed by atoms with Gasteiger partial charge in [-0.15, -0.1) is 0 Å². The SMILES string of the molecule is Fc1ccc(C2=NN3[C@@H](c4ccc(Cl)cc4)Oc4ccccc4[C@@H]3C2)cc1. The minimum Gasteiger partial charge on any atom is -0.464 e. The molecule has 0 fully saturated rings. The Morgan fingerprint density at radius 1 is 0.963 bits per heavy atom. The van der Waals surface area contributed by atoms with E-state index in [1.807, 2.05) is 47.5 Å². The lowest BCUT2D eigenvalue weighted by molar-refractivity contribution is -0.0190. The van der Waals surface area contributed by atoms with Crippen LogP contribution in [-0.2, 0) is 0 Å². The lowest BCUT2D eigenvalue weighted by Gasteiger charge is -2.38. The van der Waals surface area contributed by atoms with E-state index in [0.717, 1.165) is 34.6 Å². The summed E-state index contributed by atoms with van der Waals surface area (Å²) in [5, 5.41) is 7.55. The summed E-state index contributed by atoms with van der Waals surface area (Å²) in [4.78, 5) is 0. The van der Waals surface area contributed by atoms with Crippen LogP contribution in [0.1, 0.15) is 35.4 Å². The fourth-order valence-corrected chi connectivity index (χ4v) is 3.82. The maximum Gasteiger partial charge on any atom is 0.213 e. The van der Waals surface area contributed by atoms with Gasteiger partial charge in [-0.1, -0.05) is 54.1 Å². The number of ether oxygens (including phenoxy) is 1. The van der Waals surface area contributed by atoms with E-state index in [1.54, 1.807) is 12.1 Å². The summed E-state index contributed by atoms with van der Waals surface area (Å²) in [5.41, 5.74) is 3.96. The van der Waals surface area contributed by atoms with Crippen molar-refractivity contribution in [3.05, 3.63) is 100 Å². The Bertz CT molecular complexity index is 1020. The largest absolute Gasteiger partial charge is 0.464 e. The number of fused-ring (bicyclic) bond motifs is 3. The first-order chi connectivity index (χ1) is 13.2. The number of nitrogens with zero attached hydrogens (tertiary/aromatic N) is 2. The quantitative estimate of drug-likeness (QED) is 0.569. The Balaban J connectivity index is 1.58. The molecule has 5 heteroatoms. The standard InChI is InChI=1S/C22H16ClFN2O/c23-16-9-5-15(6-10-16)22-26-20(18-3-1-2-4-21(18)27-22)13-19(25-26)14-7-11-17(24)12-8-14/h1-12,20,22H,13H2/t20-,22+/m0/s1. The molecule has 2 aliphatic heterocycles. The molecule has 2 aliphatic rings. The highest BCUT2D eigenvalue weighted by atomic mass is 35.5. The fraction of sp³-hybridized carbons (Fsp3) is 0.136. The zero-order valence-corrected chi connectivity index (χ0v) is 15.1. The summed E-state index contributed by atoms with van der Waals surface area (Å²) in [5.74, 6) is 0.622. The van der Waals surface area contributed by atoms with Gasteiger partial charge in [-0.05, 0) is 35.9 Å². The molecule has 3 aromatic rings. The van der Waals surface area contributed by atoms with Crippen LogP contribution in [0, 0.1) is 5.82 Å². The van der Waals surface area contributed by atoms with E-state index in [-0.39, 0.29) is 18.1 Å². The van der Waals surface area contributed by atoms with Crippen molar-refractivity contribution in [1.29, 1.82) is 0 Å². The first kappa shape index (κ1) is 16.3. The Morgan fingerprint density at radius 3 is 2.48 bits per heavy atom. The average molecular weight is 379 g/mol. The molecule has 0 aliphatic carbocycles. The van der Waals surface area contributed by atoms with E-state index in [2.05, 4.69) is 6.07 Å². The lowest BCUT2D eigenvalue weighted by Crippen LogP contribution is -2.33. The summed E-state index contributed by atoms with van der Waals surface area (Å²) in [6.45, 7) is 0. The van der Waals surface area contributed by atoms with Crippen molar-refractivity contribution in [2.24, 2.45) is 5.10 Å². The van der Waals surface area contributed by atoms with Crippen LogP contribution in [0.4, 0.5) is 4.39 Å². The first-order valence-electron chi connectivity index (χ1n) is 8.82. The fourth-order valence-electron chi connectivity index (χ4n) is 3.70. The van der Waals surface area contributed by atoms with Crippen molar-refractivity contribution in [3.63, 3.8) is 0 Å². The number of rotatable bonds is 2. The van der Waals surface area contributed by atoms with Crippen LogP contribution in [0.5, 0.6) is 5.75 Å². The monoisotopic (exact) mass is 378 g/mol. The number of halogens is 2. The van der Waals surface area contributed by atoms with Crippen LogP contribution in [0.2, 0.25) is 5.02 Å². The van der Waals surface area contributed by atoms with Gasteiger partial charge in [-0.3, -0.25) is 0 Å². The van der Waals surface area contributed by atoms with Crippen LogP contribution in [0.25, 0.3) is 0 Å². The van der Waals surface area contributed by atoms with E-state index >= 15 is 0 Å². The molecule has 0 spiro atoms. The molecule has 0 aromatic heterocycles. The van der Waals surface area contributed by atoms with Crippen molar-refractivity contribution < 1.29 is 9.13 Å². The average Bonchev–Trinajstić information content (AvgIpc) is 3.14. The molecule has 0 saturated carbocycles. The molecule has 0 bridgehead atoms. The van der Waals surface area contributed by atoms with Gasteiger partial charge in [0.2, 0.25) is 6.23 Å². The van der Waals surface area contributed by atoms with E-state index in [1.165, 1.54) is 12.1 Å². The number of hydrazone groups is 1. The summed E-state index contributed by atoms with van der Waals surface area (Å²) < 4.78 is 19.6. The van der Waals surface area contributed by atoms with Gasteiger partial charge in [-0.25, -0.2) is 9.40 Å². The zero-order valence-electron chi connectivity index (χ0n) is 14.3. The van der Waals surface area contributed by atoms with Gasteiger partial charge < -0.3 is 4.74 Å². The predicted molar refractivity (Wildman–Crippen MR) is 103 cm³/mol. The zero-order chi connectivity index (χ0) is 18.4. The van der Waals surface area contributed by atoms with Gasteiger partial charge in [0.05, 0.1) is 11.8 Å². The molecule has 3 nitrogen and oxygen atoms in total. The van der Waals surface area contributed by atoms with Crippen molar-refractivity contribution >= 4 is 17.3 Å². The molecular weight excluding hydrogens is 363 g/mol. The maximum atomic E-state index is 13.3. The van der Waals surface area contributed by atoms with Crippen LogP contribution in [0.15, 0.2) is 77.9 Å². The summed E-state index contributed by atoms with van der Waals surface area (Å²) in [6.07, 6.45) is 0.413. The number of para-hydroxylation sites is 1. The highest BCUT2D eigenvalue weighted by molar-refractivity contribution is 6.30. The molecule has 27 heavy (non-hydrogen) atoms. The molecule has 0 unspecified atom stereocenters. The first-order valence-corrected chi connectivity index (χ1v) is 9.19. The Labute approximate surface area is 161 Å². The third kappa shape index (κ3) is 2.86. The Hall–Kier alpha value is -2.85. The molecule has 2 heterocycles. The normalized spacial score (nSPS) is 20.5. The van der Waals surface area contributed by atoms with Crippen LogP contribution >= 0.6 is 11.6 Å². The number of hydrogen-bond acceptors (Lipinski definition) is 3. The number of hydrogen-bond donors (Lipinski definition) is 0. The van der Waals surface area contributed by atoms with Gasteiger partial charge in [0.25, 0.3) is 0 Å². The van der Waals surface area contributed by atoms with Crippen LogP contribution < -0.4 is 4.74 Å². The highest BCUT2D eigenvalue weighted by Gasteiger charge is 2.40. The second kappa shape index (κ2) is 6.39. The third-order valence-electron chi connectivity index (χ3n) is 5.03. The second-order valence-corrected chi connectivity index (χ2v) is 7.15. The Kier molecular flexibility index (Phi) is 3.87. The number of benzene rings is 3. The van der Waals surface area contributed by atoms with Gasteiger partial charge in [0, 0.05) is 22.6 Å². The minimum atomic E-state index is -0.333. The molecule has 0 saturated heterocycles. The predicted octanol–water partition coefficient (Wildman–Crippen LogP) is 5.72. The van der Waals surface area contributed by atoms with Crippen LogP contribution in [-0.4, -0.2) is 10.7 Å².